The first-order valence-electron chi connectivity index (χ1n) is 9.58. The molecule has 3 aromatic heterocycles. The van der Waals surface area contributed by atoms with E-state index in [0.29, 0.717) is 15.8 Å². The Labute approximate surface area is 175 Å². The lowest BCUT2D eigenvalue weighted by Gasteiger charge is -2.10. The molecule has 0 bridgehead atoms. The number of benzene rings is 2. The number of hydrogen-bond acceptors (Lipinski definition) is 5. The minimum atomic E-state index is -0.421. The van der Waals surface area contributed by atoms with Crippen molar-refractivity contribution in [2.45, 2.75) is 20.4 Å². The van der Waals surface area contributed by atoms with Gasteiger partial charge in [0.05, 0.1) is 18.3 Å². The highest BCUT2D eigenvalue weighted by atomic mass is 32.1. The fourth-order valence-corrected chi connectivity index (χ4v) is 4.65. The number of aryl methyl sites for hydroxylation is 2. The van der Waals surface area contributed by atoms with Crippen LogP contribution in [0, 0.1) is 13.8 Å². The molecule has 0 saturated carbocycles. The first-order valence-corrected chi connectivity index (χ1v) is 10.4. The molecule has 6 heteroatoms. The molecule has 0 fully saturated rings. The van der Waals surface area contributed by atoms with Crippen LogP contribution >= 0.6 is 11.3 Å². The molecule has 0 unspecified atom stereocenters. The van der Waals surface area contributed by atoms with Gasteiger partial charge in [-0.25, -0.2) is 9.78 Å². The van der Waals surface area contributed by atoms with E-state index in [-0.39, 0.29) is 12.1 Å². The maximum absolute atomic E-state index is 13.1. The molecule has 5 rings (SSSR count). The van der Waals surface area contributed by atoms with Crippen molar-refractivity contribution in [3.8, 4) is 10.4 Å². The first kappa shape index (κ1) is 18.5. The maximum Gasteiger partial charge on any atom is 0.336 e. The second-order valence-corrected chi connectivity index (χ2v) is 8.38. The lowest BCUT2D eigenvalue weighted by molar-refractivity contribution is 0.554. The second kappa shape index (κ2) is 7.07. The van der Waals surface area contributed by atoms with Crippen LogP contribution in [0.5, 0.6) is 0 Å². The van der Waals surface area contributed by atoms with Crippen LogP contribution in [0.4, 0.5) is 0 Å². The SMILES string of the molecule is Cc1ccc2c(Cn3cnc4sc(-c5ccccc5)cc4c3=O)cc(=O)oc2c1C. The van der Waals surface area contributed by atoms with Crippen LogP contribution in [0.1, 0.15) is 16.7 Å². The number of hydrogen-bond donors (Lipinski definition) is 0. The molecule has 0 aliphatic carbocycles. The molecule has 0 radical (unpaired) electrons. The third-order valence-corrected chi connectivity index (χ3v) is 6.53. The standard InChI is InChI=1S/C24H18N2O3S/c1-14-8-9-18-17(10-21(27)29-22(18)15(14)2)12-26-13-25-23-19(24(26)28)11-20(30-23)16-6-4-3-5-7-16/h3-11,13H,12H2,1-2H3. The first-order chi connectivity index (χ1) is 14.5. The zero-order valence-corrected chi connectivity index (χ0v) is 17.3. The molecule has 0 spiro atoms. The van der Waals surface area contributed by atoms with E-state index < -0.39 is 5.63 Å². The number of aromatic nitrogens is 2. The smallest absolute Gasteiger partial charge is 0.336 e. The molecule has 3 heterocycles. The van der Waals surface area contributed by atoms with Gasteiger partial charge in [-0.3, -0.25) is 9.36 Å². The van der Waals surface area contributed by atoms with Crippen LogP contribution < -0.4 is 11.2 Å². The van der Waals surface area contributed by atoms with Gasteiger partial charge in [0.15, 0.2) is 0 Å². The van der Waals surface area contributed by atoms with Gasteiger partial charge >= 0.3 is 5.63 Å². The quantitative estimate of drug-likeness (QED) is 0.394. The van der Waals surface area contributed by atoms with Crippen molar-refractivity contribution in [1.29, 1.82) is 0 Å². The molecule has 0 saturated heterocycles. The molecule has 2 aromatic carbocycles. The van der Waals surface area contributed by atoms with E-state index in [1.807, 2.05) is 62.4 Å². The van der Waals surface area contributed by atoms with Gasteiger partial charge < -0.3 is 4.42 Å². The summed E-state index contributed by atoms with van der Waals surface area (Å²) in [5, 5.41) is 1.42. The highest BCUT2D eigenvalue weighted by molar-refractivity contribution is 7.21. The summed E-state index contributed by atoms with van der Waals surface area (Å²) in [6.07, 6.45) is 1.55. The highest BCUT2D eigenvalue weighted by Gasteiger charge is 2.14. The topological polar surface area (TPSA) is 65.1 Å². The number of rotatable bonds is 3. The van der Waals surface area contributed by atoms with Crippen molar-refractivity contribution in [3.63, 3.8) is 0 Å². The molecule has 5 aromatic rings. The maximum atomic E-state index is 13.1. The lowest BCUT2D eigenvalue weighted by atomic mass is 10.0. The van der Waals surface area contributed by atoms with Gasteiger partial charge in [-0.15, -0.1) is 11.3 Å². The summed E-state index contributed by atoms with van der Waals surface area (Å²) < 4.78 is 7.00. The molecule has 0 atom stereocenters. The van der Waals surface area contributed by atoms with Gasteiger partial charge in [0.25, 0.3) is 5.56 Å². The summed E-state index contributed by atoms with van der Waals surface area (Å²) in [7, 11) is 0. The van der Waals surface area contributed by atoms with E-state index in [2.05, 4.69) is 4.98 Å². The number of nitrogens with zero attached hydrogens (tertiary/aromatic N) is 2. The lowest BCUT2D eigenvalue weighted by Crippen LogP contribution is -2.21. The number of fused-ring (bicyclic) bond motifs is 2. The zero-order valence-electron chi connectivity index (χ0n) is 16.5. The summed E-state index contributed by atoms with van der Waals surface area (Å²) in [5.41, 5.74) is 3.81. The molecule has 0 aliphatic rings. The molecule has 0 amide bonds. The second-order valence-electron chi connectivity index (χ2n) is 7.35. The van der Waals surface area contributed by atoms with E-state index in [9.17, 15) is 9.59 Å². The Kier molecular flexibility index (Phi) is 4.37. The highest BCUT2D eigenvalue weighted by Crippen LogP contribution is 2.30. The van der Waals surface area contributed by atoms with Crippen molar-refractivity contribution in [1.82, 2.24) is 9.55 Å². The van der Waals surface area contributed by atoms with E-state index in [1.54, 1.807) is 10.9 Å². The Morgan fingerprint density at radius 1 is 1.00 bits per heavy atom. The van der Waals surface area contributed by atoms with Crippen molar-refractivity contribution in [3.05, 3.63) is 98.4 Å². The molecule has 148 valence electrons. The predicted octanol–water partition coefficient (Wildman–Crippen LogP) is 4.90. The minimum Gasteiger partial charge on any atom is -0.422 e. The van der Waals surface area contributed by atoms with E-state index in [1.165, 1.54) is 17.4 Å². The summed E-state index contributed by atoms with van der Waals surface area (Å²) in [5.74, 6) is 0. The van der Waals surface area contributed by atoms with Gasteiger partial charge in [0.2, 0.25) is 0 Å². The van der Waals surface area contributed by atoms with E-state index >= 15 is 0 Å². The average molecular weight is 414 g/mol. The van der Waals surface area contributed by atoms with Crippen LogP contribution in [0.2, 0.25) is 0 Å². The summed E-state index contributed by atoms with van der Waals surface area (Å²) >= 11 is 1.50. The normalized spacial score (nSPS) is 11.4. The summed E-state index contributed by atoms with van der Waals surface area (Å²) in [4.78, 5) is 31.5. The van der Waals surface area contributed by atoms with Gasteiger partial charge in [-0.2, -0.15) is 0 Å². The Morgan fingerprint density at radius 3 is 2.60 bits per heavy atom. The molecule has 5 nitrogen and oxygen atoms in total. The largest absolute Gasteiger partial charge is 0.422 e. The Morgan fingerprint density at radius 2 is 1.80 bits per heavy atom. The van der Waals surface area contributed by atoms with Crippen molar-refractivity contribution in [2.24, 2.45) is 0 Å². The Balaban J connectivity index is 1.63. The molecule has 0 N–H and O–H groups in total. The third kappa shape index (κ3) is 3.06. The van der Waals surface area contributed by atoms with Crippen LogP contribution in [-0.2, 0) is 6.54 Å². The molecular weight excluding hydrogens is 396 g/mol. The van der Waals surface area contributed by atoms with Gasteiger partial charge in [-0.05, 0) is 42.2 Å². The molecular formula is C24H18N2O3S. The zero-order chi connectivity index (χ0) is 20.8. The van der Waals surface area contributed by atoms with Crippen LogP contribution in [-0.4, -0.2) is 9.55 Å². The van der Waals surface area contributed by atoms with Crippen LogP contribution in [0.25, 0.3) is 31.6 Å². The van der Waals surface area contributed by atoms with Gasteiger partial charge in [0.1, 0.15) is 10.4 Å². The fraction of sp³-hybridized carbons (Fsp3) is 0.125. The van der Waals surface area contributed by atoms with Crippen molar-refractivity contribution < 1.29 is 4.42 Å². The summed E-state index contributed by atoms with van der Waals surface area (Å²) in [6.45, 7) is 4.16. The van der Waals surface area contributed by atoms with Crippen molar-refractivity contribution in [2.75, 3.05) is 0 Å². The van der Waals surface area contributed by atoms with Crippen LogP contribution in [0.3, 0.4) is 0 Å². The van der Waals surface area contributed by atoms with E-state index in [0.717, 1.165) is 32.5 Å². The summed E-state index contributed by atoms with van der Waals surface area (Å²) in [6, 6.07) is 17.2. The van der Waals surface area contributed by atoms with E-state index in [4.69, 9.17) is 4.42 Å². The minimum absolute atomic E-state index is 0.122. The third-order valence-electron chi connectivity index (χ3n) is 5.43. The molecule has 0 aliphatic heterocycles. The monoisotopic (exact) mass is 414 g/mol. The number of thiophene rings is 1. The predicted molar refractivity (Wildman–Crippen MR) is 120 cm³/mol. The average Bonchev–Trinajstić information content (AvgIpc) is 3.19. The van der Waals surface area contributed by atoms with Gasteiger partial charge in [0, 0.05) is 16.3 Å². The fourth-order valence-electron chi connectivity index (χ4n) is 3.66. The molecule has 30 heavy (non-hydrogen) atoms. The van der Waals surface area contributed by atoms with Crippen molar-refractivity contribution >= 4 is 32.5 Å². The van der Waals surface area contributed by atoms with Crippen LogP contribution in [0.15, 0.2) is 74.9 Å². The van der Waals surface area contributed by atoms with Gasteiger partial charge in [-0.1, -0.05) is 42.5 Å². The Bertz CT molecular complexity index is 1530. The Hall–Kier alpha value is -3.51.